The summed E-state index contributed by atoms with van der Waals surface area (Å²) in [6, 6.07) is 1.67. The standard InChI is InChI=1S/C13H19ClN2O3/c1-15-7-10(14)6-11(15)13(19)16-4-2-9(3-5-16)12(18)8-17/h6-7,9,12,17-18H,2-5,8H2,1H3. The Bertz CT molecular complexity index is 453. The van der Waals surface area contributed by atoms with Crippen LogP contribution in [0.1, 0.15) is 23.3 Å². The monoisotopic (exact) mass is 286 g/mol. The van der Waals surface area contributed by atoms with Gasteiger partial charge in [-0.25, -0.2) is 0 Å². The summed E-state index contributed by atoms with van der Waals surface area (Å²) in [5.41, 5.74) is 0.575. The maximum absolute atomic E-state index is 12.3. The molecule has 19 heavy (non-hydrogen) atoms. The van der Waals surface area contributed by atoms with Crippen LogP contribution >= 0.6 is 11.6 Å². The molecule has 1 amide bonds. The van der Waals surface area contributed by atoms with Crippen LogP contribution in [0, 0.1) is 5.92 Å². The van der Waals surface area contributed by atoms with Gasteiger partial charge in [0.1, 0.15) is 5.69 Å². The van der Waals surface area contributed by atoms with Crippen molar-refractivity contribution in [3.8, 4) is 0 Å². The van der Waals surface area contributed by atoms with E-state index in [1.165, 1.54) is 0 Å². The van der Waals surface area contributed by atoms with E-state index in [1.807, 2.05) is 0 Å². The van der Waals surface area contributed by atoms with Crippen LogP contribution in [0.3, 0.4) is 0 Å². The second kappa shape index (κ2) is 5.94. The van der Waals surface area contributed by atoms with E-state index in [0.29, 0.717) is 36.6 Å². The number of hydrogen-bond donors (Lipinski definition) is 2. The van der Waals surface area contributed by atoms with E-state index >= 15 is 0 Å². The van der Waals surface area contributed by atoms with Crippen molar-refractivity contribution in [2.45, 2.75) is 18.9 Å². The van der Waals surface area contributed by atoms with Gasteiger partial charge in [-0.1, -0.05) is 11.6 Å². The molecule has 106 valence electrons. The van der Waals surface area contributed by atoms with Crippen molar-refractivity contribution >= 4 is 17.5 Å². The molecule has 0 spiro atoms. The zero-order chi connectivity index (χ0) is 14.0. The normalized spacial score (nSPS) is 18.6. The molecular formula is C13H19ClN2O3. The van der Waals surface area contributed by atoms with Gasteiger partial charge < -0.3 is 19.7 Å². The van der Waals surface area contributed by atoms with E-state index in [-0.39, 0.29) is 18.4 Å². The fraction of sp³-hybridized carbons (Fsp3) is 0.615. The van der Waals surface area contributed by atoms with E-state index in [9.17, 15) is 9.90 Å². The zero-order valence-electron chi connectivity index (χ0n) is 10.9. The number of amides is 1. The lowest BCUT2D eigenvalue weighted by Crippen LogP contribution is -2.42. The third-order valence-corrected chi connectivity index (χ3v) is 3.96. The summed E-state index contributed by atoms with van der Waals surface area (Å²) in [6.45, 7) is 0.985. The maximum atomic E-state index is 12.3. The van der Waals surface area contributed by atoms with Crippen LogP contribution in [0.15, 0.2) is 12.3 Å². The van der Waals surface area contributed by atoms with E-state index in [4.69, 9.17) is 16.7 Å². The number of likely N-dealkylation sites (tertiary alicyclic amines) is 1. The molecule has 0 bridgehead atoms. The van der Waals surface area contributed by atoms with Gasteiger partial charge in [-0.2, -0.15) is 0 Å². The highest BCUT2D eigenvalue weighted by molar-refractivity contribution is 6.31. The molecule has 2 N–H and O–H groups in total. The molecule has 1 aromatic rings. The minimum atomic E-state index is -0.679. The van der Waals surface area contributed by atoms with Crippen LogP contribution in [-0.2, 0) is 7.05 Å². The molecule has 1 aromatic heterocycles. The van der Waals surface area contributed by atoms with Crippen LogP contribution in [0.5, 0.6) is 0 Å². The number of aryl methyl sites for hydroxylation is 1. The zero-order valence-corrected chi connectivity index (χ0v) is 11.7. The van der Waals surface area contributed by atoms with Crippen molar-refractivity contribution in [3.63, 3.8) is 0 Å². The van der Waals surface area contributed by atoms with Gasteiger partial charge in [-0.3, -0.25) is 4.79 Å². The third kappa shape index (κ3) is 3.11. The molecule has 1 aliphatic rings. The smallest absolute Gasteiger partial charge is 0.270 e. The van der Waals surface area contributed by atoms with Crippen molar-refractivity contribution in [2.24, 2.45) is 13.0 Å². The first-order valence-electron chi connectivity index (χ1n) is 6.43. The van der Waals surface area contributed by atoms with Crippen molar-refractivity contribution in [2.75, 3.05) is 19.7 Å². The average molecular weight is 287 g/mol. The Kier molecular flexibility index (Phi) is 4.50. The quantitative estimate of drug-likeness (QED) is 0.867. The van der Waals surface area contributed by atoms with Crippen molar-refractivity contribution in [3.05, 3.63) is 23.0 Å². The highest BCUT2D eigenvalue weighted by Crippen LogP contribution is 2.23. The molecule has 2 rings (SSSR count). The van der Waals surface area contributed by atoms with Crippen LogP contribution in [0.2, 0.25) is 5.02 Å². The lowest BCUT2D eigenvalue weighted by Gasteiger charge is -2.33. The van der Waals surface area contributed by atoms with Crippen molar-refractivity contribution in [1.29, 1.82) is 0 Å². The van der Waals surface area contributed by atoms with E-state index in [0.717, 1.165) is 0 Å². The topological polar surface area (TPSA) is 65.7 Å². The molecule has 0 aromatic carbocycles. The minimum Gasteiger partial charge on any atom is -0.394 e. The summed E-state index contributed by atoms with van der Waals surface area (Å²) >= 11 is 5.88. The minimum absolute atomic E-state index is 0.0358. The molecule has 1 aliphatic heterocycles. The van der Waals surface area contributed by atoms with E-state index in [2.05, 4.69) is 0 Å². The number of carbonyl (C=O) groups excluding carboxylic acids is 1. The molecule has 0 aliphatic carbocycles. The number of hydrogen-bond acceptors (Lipinski definition) is 3. The summed E-state index contributed by atoms with van der Waals surface area (Å²) in [6.07, 6.45) is 2.45. The van der Waals surface area contributed by atoms with Gasteiger partial charge in [0, 0.05) is 26.3 Å². The lowest BCUT2D eigenvalue weighted by molar-refractivity contribution is 0.0177. The molecule has 6 heteroatoms. The van der Waals surface area contributed by atoms with E-state index in [1.54, 1.807) is 28.8 Å². The molecule has 0 radical (unpaired) electrons. The summed E-state index contributed by atoms with van der Waals surface area (Å²) in [5.74, 6) is 0.0392. The molecule has 5 nitrogen and oxygen atoms in total. The van der Waals surface area contributed by atoms with Crippen LogP contribution in [0.25, 0.3) is 0 Å². The predicted octanol–water partition coefficient (Wildman–Crippen LogP) is 0.884. The van der Waals surface area contributed by atoms with Gasteiger partial charge in [-0.15, -0.1) is 0 Å². The molecule has 1 saturated heterocycles. The fourth-order valence-electron chi connectivity index (χ4n) is 2.54. The largest absolute Gasteiger partial charge is 0.394 e. The SMILES string of the molecule is Cn1cc(Cl)cc1C(=O)N1CCC(C(O)CO)CC1. The average Bonchev–Trinajstić information content (AvgIpc) is 2.76. The summed E-state index contributed by atoms with van der Waals surface area (Å²) in [4.78, 5) is 14.1. The van der Waals surface area contributed by atoms with Gasteiger partial charge in [0.2, 0.25) is 0 Å². The number of rotatable bonds is 3. The Morgan fingerprint density at radius 2 is 2.16 bits per heavy atom. The second-order valence-electron chi connectivity index (χ2n) is 5.03. The molecule has 0 saturated carbocycles. The van der Waals surface area contributed by atoms with Crippen molar-refractivity contribution in [1.82, 2.24) is 9.47 Å². The number of aliphatic hydroxyl groups is 2. The number of piperidine rings is 1. The molecule has 2 heterocycles. The summed E-state index contributed by atoms with van der Waals surface area (Å²) in [5, 5.41) is 19.1. The molecular weight excluding hydrogens is 268 g/mol. The second-order valence-corrected chi connectivity index (χ2v) is 5.47. The highest BCUT2D eigenvalue weighted by Gasteiger charge is 2.28. The number of nitrogens with zero attached hydrogens (tertiary/aromatic N) is 2. The van der Waals surface area contributed by atoms with Gasteiger partial charge >= 0.3 is 0 Å². The summed E-state index contributed by atoms with van der Waals surface area (Å²) < 4.78 is 1.72. The number of aromatic nitrogens is 1. The number of aliphatic hydroxyl groups excluding tert-OH is 2. The number of halogens is 1. The van der Waals surface area contributed by atoms with Crippen LogP contribution in [0.4, 0.5) is 0 Å². The van der Waals surface area contributed by atoms with Gasteiger partial charge in [0.05, 0.1) is 17.7 Å². The van der Waals surface area contributed by atoms with Gasteiger partial charge in [0.15, 0.2) is 0 Å². The third-order valence-electron chi connectivity index (χ3n) is 3.75. The van der Waals surface area contributed by atoms with E-state index < -0.39 is 6.10 Å². The van der Waals surface area contributed by atoms with Crippen molar-refractivity contribution < 1.29 is 15.0 Å². The van der Waals surface area contributed by atoms with Crippen LogP contribution in [-0.4, -0.2) is 51.4 Å². The Morgan fingerprint density at radius 1 is 1.53 bits per heavy atom. The Labute approximate surface area is 117 Å². The highest BCUT2D eigenvalue weighted by atomic mass is 35.5. The first kappa shape index (κ1) is 14.4. The van der Waals surface area contributed by atoms with Crippen LogP contribution < -0.4 is 0 Å². The molecule has 1 atom stereocenters. The number of carbonyl (C=O) groups is 1. The Hall–Kier alpha value is -1.04. The Balaban J connectivity index is 1.98. The Morgan fingerprint density at radius 3 is 2.63 bits per heavy atom. The maximum Gasteiger partial charge on any atom is 0.270 e. The first-order chi connectivity index (χ1) is 9.02. The first-order valence-corrected chi connectivity index (χ1v) is 6.80. The lowest BCUT2D eigenvalue weighted by atomic mass is 9.91. The predicted molar refractivity (Wildman–Crippen MR) is 72.1 cm³/mol. The molecule has 1 fully saturated rings. The fourth-order valence-corrected chi connectivity index (χ4v) is 2.78. The summed E-state index contributed by atoms with van der Waals surface area (Å²) in [7, 11) is 1.79. The van der Waals surface area contributed by atoms with Gasteiger partial charge in [0.25, 0.3) is 5.91 Å². The van der Waals surface area contributed by atoms with Gasteiger partial charge in [-0.05, 0) is 24.8 Å². The molecule has 1 unspecified atom stereocenters.